The second kappa shape index (κ2) is 8.33. The molecular formula is C27H25N3O4. The van der Waals surface area contributed by atoms with Crippen LogP contribution in [0.2, 0.25) is 0 Å². The number of anilines is 2. The average molecular weight is 456 g/mol. The van der Waals surface area contributed by atoms with Crippen molar-refractivity contribution in [1.82, 2.24) is 4.98 Å². The highest BCUT2D eigenvalue weighted by Crippen LogP contribution is 2.43. The first-order valence-electron chi connectivity index (χ1n) is 11.1. The number of pyridine rings is 1. The van der Waals surface area contributed by atoms with Gasteiger partial charge in [-0.3, -0.25) is 19.5 Å². The van der Waals surface area contributed by atoms with Crippen LogP contribution in [0.1, 0.15) is 28.3 Å². The van der Waals surface area contributed by atoms with Gasteiger partial charge in [0.25, 0.3) is 11.7 Å². The Labute approximate surface area is 197 Å². The van der Waals surface area contributed by atoms with Gasteiger partial charge in [-0.2, -0.15) is 0 Å². The van der Waals surface area contributed by atoms with E-state index in [1.807, 2.05) is 44.0 Å². The number of hydrogen-bond acceptors (Lipinski definition) is 6. The lowest BCUT2D eigenvalue weighted by molar-refractivity contribution is -0.132. The van der Waals surface area contributed by atoms with E-state index in [4.69, 9.17) is 4.74 Å². The molecule has 0 saturated carbocycles. The van der Waals surface area contributed by atoms with Crippen molar-refractivity contribution in [3.05, 3.63) is 88.8 Å². The normalized spacial score (nSPS) is 19.2. The predicted octanol–water partition coefficient (Wildman–Crippen LogP) is 4.15. The molecule has 34 heavy (non-hydrogen) atoms. The van der Waals surface area contributed by atoms with Gasteiger partial charge < -0.3 is 14.7 Å². The lowest BCUT2D eigenvalue weighted by Gasteiger charge is -2.28. The Morgan fingerprint density at radius 2 is 1.74 bits per heavy atom. The largest absolute Gasteiger partial charge is 0.507 e. The number of carbonyl (C=O) groups excluding carboxylic acids is 2. The summed E-state index contributed by atoms with van der Waals surface area (Å²) in [5, 5.41) is 11.4. The minimum absolute atomic E-state index is 0.0506. The van der Waals surface area contributed by atoms with E-state index in [0.717, 1.165) is 16.8 Å². The smallest absolute Gasteiger partial charge is 0.300 e. The van der Waals surface area contributed by atoms with Gasteiger partial charge in [0.15, 0.2) is 0 Å². The molecule has 2 aromatic carbocycles. The summed E-state index contributed by atoms with van der Waals surface area (Å²) in [5.74, 6) is -0.895. The summed E-state index contributed by atoms with van der Waals surface area (Å²) in [6.07, 6.45) is 3.23. The van der Waals surface area contributed by atoms with Crippen LogP contribution in [0.25, 0.3) is 5.76 Å². The Morgan fingerprint density at radius 3 is 2.44 bits per heavy atom. The summed E-state index contributed by atoms with van der Waals surface area (Å²) in [5.41, 5.74) is 4.57. The molecule has 1 amide bonds. The van der Waals surface area contributed by atoms with Crippen molar-refractivity contribution in [1.29, 1.82) is 0 Å². The molecule has 0 radical (unpaired) electrons. The number of rotatable bonds is 3. The van der Waals surface area contributed by atoms with Crippen LogP contribution >= 0.6 is 0 Å². The fourth-order valence-corrected chi connectivity index (χ4v) is 4.70. The molecule has 1 fully saturated rings. The van der Waals surface area contributed by atoms with Gasteiger partial charge in [0.2, 0.25) is 0 Å². The molecule has 1 saturated heterocycles. The number of ketones is 1. The zero-order valence-corrected chi connectivity index (χ0v) is 19.3. The van der Waals surface area contributed by atoms with E-state index in [9.17, 15) is 14.7 Å². The quantitative estimate of drug-likeness (QED) is 0.363. The zero-order valence-electron chi connectivity index (χ0n) is 19.3. The van der Waals surface area contributed by atoms with Crippen LogP contribution < -0.4 is 14.5 Å². The lowest BCUT2D eigenvalue weighted by Crippen LogP contribution is -2.29. The number of carbonyl (C=O) groups is 2. The Hall–Kier alpha value is -4.13. The standard InChI is InChI=1S/C27H25N3O4/c1-16-12-17(2)14-20(13-16)30-24(18-6-8-28-9-7-18)23(26(32)27(30)33)25(31)19-4-5-22-21(15-19)29(3)10-11-34-22/h4-9,12-15,24,31H,10-11H2,1-3H3/b25-23-. The highest BCUT2D eigenvalue weighted by atomic mass is 16.5. The molecule has 1 N–H and O–H groups in total. The number of aryl methyl sites for hydroxylation is 2. The van der Waals surface area contributed by atoms with Gasteiger partial charge >= 0.3 is 0 Å². The summed E-state index contributed by atoms with van der Waals surface area (Å²) in [6, 6.07) is 13.8. The summed E-state index contributed by atoms with van der Waals surface area (Å²) in [4.78, 5) is 34.3. The van der Waals surface area contributed by atoms with E-state index in [-0.39, 0.29) is 11.3 Å². The molecule has 2 aliphatic rings. The molecule has 1 unspecified atom stereocenters. The van der Waals surface area contributed by atoms with Gasteiger partial charge in [0.05, 0.1) is 23.8 Å². The summed E-state index contributed by atoms with van der Waals surface area (Å²) < 4.78 is 5.70. The van der Waals surface area contributed by atoms with Gasteiger partial charge in [-0.15, -0.1) is 0 Å². The summed E-state index contributed by atoms with van der Waals surface area (Å²) in [7, 11) is 1.95. The molecule has 3 aromatic rings. The Morgan fingerprint density at radius 1 is 1.03 bits per heavy atom. The number of hydrogen-bond donors (Lipinski definition) is 1. The van der Waals surface area contributed by atoms with Gasteiger partial charge in [-0.25, -0.2) is 0 Å². The van der Waals surface area contributed by atoms with Crippen molar-refractivity contribution < 1.29 is 19.4 Å². The highest BCUT2D eigenvalue weighted by Gasteiger charge is 2.47. The number of aliphatic hydroxyl groups excluding tert-OH is 1. The SMILES string of the molecule is Cc1cc(C)cc(N2C(=O)C(=O)/C(=C(\O)c3ccc4c(c3)N(C)CCO4)C2c2ccncc2)c1. The number of aliphatic hydroxyl groups is 1. The molecule has 172 valence electrons. The van der Waals surface area contributed by atoms with Crippen molar-refractivity contribution in [2.75, 3.05) is 30.0 Å². The van der Waals surface area contributed by atoms with E-state index in [1.165, 1.54) is 4.90 Å². The molecule has 7 nitrogen and oxygen atoms in total. The maximum Gasteiger partial charge on any atom is 0.300 e. The molecular weight excluding hydrogens is 430 g/mol. The molecule has 3 heterocycles. The van der Waals surface area contributed by atoms with Crippen LogP contribution in [-0.2, 0) is 9.59 Å². The van der Waals surface area contributed by atoms with E-state index in [0.29, 0.717) is 35.7 Å². The molecule has 0 spiro atoms. The maximum absolute atomic E-state index is 13.4. The van der Waals surface area contributed by atoms with Gasteiger partial charge in [0.1, 0.15) is 18.1 Å². The van der Waals surface area contributed by atoms with E-state index in [2.05, 4.69) is 4.98 Å². The number of ether oxygens (including phenoxy) is 1. The molecule has 0 bridgehead atoms. The number of fused-ring (bicyclic) bond motifs is 1. The van der Waals surface area contributed by atoms with Gasteiger partial charge in [-0.05, 0) is 73.0 Å². The van der Waals surface area contributed by atoms with Crippen LogP contribution in [0.5, 0.6) is 5.75 Å². The third kappa shape index (κ3) is 3.59. The van der Waals surface area contributed by atoms with Crippen molar-refractivity contribution in [3.8, 4) is 5.75 Å². The fourth-order valence-electron chi connectivity index (χ4n) is 4.70. The van der Waals surface area contributed by atoms with Crippen molar-refractivity contribution in [3.63, 3.8) is 0 Å². The zero-order chi connectivity index (χ0) is 24.0. The summed E-state index contributed by atoms with van der Waals surface area (Å²) in [6.45, 7) is 5.18. The third-order valence-electron chi connectivity index (χ3n) is 6.28. The highest BCUT2D eigenvalue weighted by molar-refractivity contribution is 6.51. The molecule has 0 aliphatic carbocycles. The predicted molar refractivity (Wildman–Crippen MR) is 130 cm³/mol. The van der Waals surface area contributed by atoms with Gasteiger partial charge in [-0.1, -0.05) is 6.07 Å². The number of aromatic nitrogens is 1. The Bertz CT molecular complexity index is 1310. The molecule has 7 heteroatoms. The van der Waals surface area contributed by atoms with Crippen LogP contribution in [0.3, 0.4) is 0 Å². The van der Waals surface area contributed by atoms with Crippen molar-refractivity contribution in [2.45, 2.75) is 19.9 Å². The van der Waals surface area contributed by atoms with Crippen molar-refractivity contribution >= 4 is 28.8 Å². The first-order valence-corrected chi connectivity index (χ1v) is 11.1. The second-order valence-electron chi connectivity index (χ2n) is 8.75. The lowest BCUT2D eigenvalue weighted by atomic mass is 9.95. The average Bonchev–Trinajstić information content (AvgIpc) is 3.09. The topological polar surface area (TPSA) is 83.0 Å². The molecule has 1 aromatic heterocycles. The molecule has 5 rings (SSSR count). The number of Topliss-reactive ketones (excluding diaryl/α,β-unsaturated/α-hetero) is 1. The minimum Gasteiger partial charge on any atom is -0.507 e. The number of amides is 1. The first-order chi connectivity index (χ1) is 16.3. The van der Waals surface area contributed by atoms with Crippen LogP contribution in [0, 0.1) is 13.8 Å². The maximum atomic E-state index is 13.4. The second-order valence-corrected chi connectivity index (χ2v) is 8.75. The molecule has 1 atom stereocenters. The monoisotopic (exact) mass is 455 g/mol. The Balaban J connectivity index is 1.70. The van der Waals surface area contributed by atoms with E-state index < -0.39 is 17.7 Å². The van der Waals surface area contributed by atoms with Crippen LogP contribution in [0.4, 0.5) is 11.4 Å². The van der Waals surface area contributed by atoms with Crippen LogP contribution in [0.15, 0.2) is 66.5 Å². The van der Waals surface area contributed by atoms with Crippen molar-refractivity contribution in [2.24, 2.45) is 0 Å². The van der Waals surface area contributed by atoms with E-state index in [1.54, 1.807) is 42.7 Å². The number of likely N-dealkylation sites (N-methyl/N-ethyl adjacent to an activating group) is 1. The van der Waals surface area contributed by atoms with Crippen LogP contribution in [-0.4, -0.2) is 42.0 Å². The minimum atomic E-state index is -0.783. The fraction of sp³-hybridized carbons (Fsp3) is 0.222. The molecule has 2 aliphatic heterocycles. The van der Waals surface area contributed by atoms with Gasteiger partial charge in [0, 0.05) is 30.7 Å². The summed E-state index contributed by atoms with van der Waals surface area (Å²) >= 11 is 0. The third-order valence-corrected chi connectivity index (χ3v) is 6.28. The van der Waals surface area contributed by atoms with E-state index >= 15 is 0 Å². The Kier molecular flexibility index (Phi) is 5.32. The number of benzene rings is 2. The number of nitrogens with zero attached hydrogens (tertiary/aromatic N) is 3. The first kappa shape index (κ1) is 21.7.